The standard InChI is InChI=1S/C54H45N3.C2H6/c1-54(2,3)44-23-25-45(26-24-44)57(46-33-42(37-10-5-4-6-11-37)32-43(34-46)38-17-15-36(35-55)16-18-38)51-30-22-41-19-27-47-50(29-21-40-20-28-48(51)53(41)52(40)47)56-31-9-13-39-12-7-8-14-49(39)56;1-2/h4-8,10-12,14-15,17,19-30,32-34H,9,13,16,18,31H2,1-3H3;1-2H3. The average molecular weight is 766 g/mol. The van der Waals surface area contributed by atoms with Crippen molar-refractivity contribution in [2.24, 2.45) is 0 Å². The van der Waals surface area contributed by atoms with Gasteiger partial charge in [0.15, 0.2) is 0 Å². The first-order valence-corrected chi connectivity index (χ1v) is 21.3. The Morgan fingerprint density at radius 2 is 1.25 bits per heavy atom. The molecule has 0 unspecified atom stereocenters. The van der Waals surface area contributed by atoms with E-state index in [9.17, 15) is 5.26 Å². The maximum absolute atomic E-state index is 9.63. The molecule has 3 heteroatoms. The van der Waals surface area contributed by atoms with E-state index in [-0.39, 0.29) is 5.41 Å². The quantitative estimate of drug-likeness (QED) is 0.158. The van der Waals surface area contributed by atoms with E-state index in [4.69, 9.17) is 0 Å². The van der Waals surface area contributed by atoms with Crippen molar-refractivity contribution in [2.45, 2.75) is 65.7 Å². The summed E-state index contributed by atoms with van der Waals surface area (Å²) in [5.74, 6) is 0. The number of fused-ring (bicyclic) bond motifs is 1. The minimum absolute atomic E-state index is 0.0343. The molecule has 3 nitrogen and oxygen atoms in total. The van der Waals surface area contributed by atoms with Gasteiger partial charge in [0.2, 0.25) is 0 Å². The van der Waals surface area contributed by atoms with E-state index in [1.165, 1.54) is 77.1 Å². The Balaban J connectivity index is 0.00000221. The first-order valence-electron chi connectivity index (χ1n) is 21.3. The van der Waals surface area contributed by atoms with E-state index >= 15 is 0 Å². The number of para-hydroxylation sites is 1. The number of anilines is 5. The molecule has 0 radical (unpaired) electrons. The summed E-state index contributed by atoms with van der Waals surface area (Å²) in [5.41, 5.74) is 14.3. The summed E-state index contributed by atoms with van der Waals surface area (Å²) in [7, 11) is 0. The van der Waals surface area contributed by atoms with Crippen LogP contribution in [0.25, 0.3) is 49.0 Å². The number of nitriles is 1. The van der Waals surface area contributed by atoms with E-state index in [2.05, 4.69) is 188 Å². The van der Waals surface area contributed by atoms with Gasteiger partial charge in [0.1, 0.15) is 0 Å². The van der Waals surface area contributed by atoms with Gasteiger partial charge in [-0.2, -0.15) is 5.26 Å². The number of hydrogen-bond acceptors (Lipinski definition) is 3. The van der Waals surface area contributed by atoms with Crippen molar-refractivity contribution in [3.63, 3.8) is 0 Å². The van der Waals surface area contributed by atoms with Crippen LogP contribution < -0.4 is 9.80 Å². The Morgan fingerprint density at radius 1 is 0.576 bits per heavy atom. The highest BCUT2D eigenvalue weighted by atomic mass is 15.1. The molecule has 0 fully saturated rings. The van der Waals surface area contributed by atoms with E-state index in [1.807, 2.05) is 19.9 Å². The molecule has 0 bridgehead atoms. The number of hydrogen-bond donors (Lipinski definition) is 0. The Labute approximate surface area is 349 Å². The van der Waals surface area contributed by atoms with E-state index in [0.29, 0.717) is 0 Å². The van der Waals surface area contributed by atoms with Gasteiger partial charge in [-0.15, -0.1) is 0 Å². The van der Waals surface area contributed by atoms with Gasteiger partial charge < -0.3 is 9.80 Å². The fourth-order valence-corrected chi connectivity index (χ4v) is 9.22. The lowest BCUT2D eigenvalue weighted by Gasteiger charge is -2.33. The van der Waals surface area contributed by atoms with Gasteiger partial charge in [-0.25, -0.2) is 0 Å². The van der Waals surface area contributed by atoms with Crippen LogP contribution >= 0.6 is 0 Å². The molecular formula is C56H51N3. The van der Waals surface area contributed by atoms with Crippen molar-refractivity contribution < 1.29 is 0 Å². The van der Waals surface area contributed by atoms with Gasteiger partial charge in [-0.05, 0) is 141 Å². The molecule has 0 spiro atoms. The topological polar surface area (TPSA) is 30.3 Å². The summed E-state index contributed by atoms with van der Waals surface area (Å²) in [6, 6.07) is 56.8. The van der Waals surface area contributed by atoms with Gasteiger partial charge in [0, 0.05) is 45.6 Å². The summed E-state index contributed by atoms with van der Waals surface area (Å²) in [6.45, 7) is 11.8. The largest absolute Gasteiger partial charge is 0.341 e. The van der Waals surface area contributed by atoms with Crippen LogP contribution in [0.15, 0.2) is 163 Å². The molecule has 0 aromatic heterocycles. The minimum Gasteiger partial charge on any atom is -0.341 e. The number of allylic oxidation sites excluding steroid dienone is 4. The molecule has 10 rings (SSSR count). The first-order chi connectivity index (χ1) is 28.8. The zero-order valence-corrected chi connectivity index (χ0v) is 34.9. The van der Waals surface area contributed by atoms with E-state index in [0.717, 1.165) is 54.9 Å². The Kier molecular flexibility index (Phi) is 10.0. The summed E-state index contributed by atoms with van der Waals surface area (Å²) in [5, 5.41) is 17.3. The first kappa shape index (κ1) is 37.9. The minimum atomic E-state index is 0.0343. The molecule has 8 aromatic carbocycles. The number of benzene rings is 8. The zero-order chi connectivity index (χ0) is 40.7. The molecule has 0 N–H and O–H groups in total. The average Bonchev–Trinajstić information content (AvgIpc) is 3.29. The van der Waals surface area contributed by atoms with Crippen LogP contribution in [0.4, 0.5) is 28.4 Å². The van der Waals surface area contributed by atoms with Crippen molar-refractivity contribution in [3.8, 4) is 17.2 Å². The van der Waals surface area contributed by atoms with Crippen molar-refractivity contribution in [3.05, 3.63) is 180 Å². The van der Waals surface area contributed by atoms with Crippen LogP contribution in [-0.2, 0) is 11.8 Å². The second kappa shape index (κ2) is 15.6. The third kappa shape index (κ3) is 6.93. The normalized spacial score (nSPS) is 14.0. The monoisotopic (exact) mass is 765 g/mol. The van der Waals surface area contributed by atoms with Gasteiger partial charge in [-0.1, -0.05) is 138 Å². The molecule has 59 heavy (non-hydrogen) atoms. The lowest BCUT2D eigenvalue weighted by molar-refractivity contribution is 0.590. The molecule has 290 valence electrons. The van der Waals surface area contributed by atoms with Crippen LogP contribution in [0.3, 0.4) is 0 Å². The van der Waals surface area contributed by atoms with Crippen LogP contribution in [-0.4, -0.2) is 6.54 Å². The molecule has 2 aliphatic rings. The lowest BCUT2D eigenvalue weighted by Crippen LogP contribution is -2.24. The van der Waals surface area contributed by atoms with Crippen molar-refractivity contribution in [2.75, 3.05) is 16.3 Å². The van der Waals surface area contributed by atoms with Crippen LogP contribution in [0.2, 0.25) is 0 Å². The van der Waals surface area contributed by atoms with E-state index < -0.39 is 0 Å². The molecule has 1 aliphatic heterocycles. The second-order valence-corrected chi connectivity index (χ2v) is 16.7. The fourth-order valence-electron chi connectivity index (χ4n) is 9.22. The highest BCUT2D eigenvalue weighted by Crippen LogP contribution is 2.48. The second-order valence-electron chi connectivity index (χ2n) is 16.7. The predicted molar refractivity (Wildman–Crippen MR) is 253 cm³/mol. The maximum Gasteiger partial charge on any atom is 0.0947 e. The molecule has 0 saturated carbocycles. The smallest absolute Gasteiger partial charge is 0.0947 e. The molecule has 0 amide bonds. The summed E-state index contributed by atoms with van der Waals surface area (Å²) in [6.07, 6.45) is 7.99. The lowest BCUT2D eigenvalue weighted by atomic mass is 9.87. The van der Waals surface area contributed by atoms with Crippen molar-refractivity contribution >= 4 is 66.3 Å². The predicted octanol–water partition coefficient (Wildman–Crippen LogP) is 15.8. The molecule has 8 aromatic rings. The number of aryl methyl sites for hydroxylation is 1. The summed E-state index contributed by atoms with van der Waals surface area (Å²) < 4.78 is 0. The fraction of sp³-hybridized carbons (Fsp3) is 0.196. The van der Waals surface area contributed by atoms with Crippen LogP contribution in [0.5, 0.6) is 0 Å². The molecule has 0 atom stereocenters. The number of nitrogens with zero attached hydrogens (tertiary/aromatic N) is 3. The Bertz CT molecular complexity index is 2920. The summed E-state index contributed by atoms with van der Waals surface area (Å²) >= 11 is 0. The van der Waals surface area contributed by atoms with Crippen LogP contribution in [0, 0.1) is 11.3 Å². The van der Waals surface area contributed by atoms with Gasteiger partial charge in [0.05, 0.1) is 11.8 Å². The van der Waals surface area contributed by atoms with Gasteiger partial charge in [-0.3, -0.25) is 0 Å². The third-order valence-electron chi connectivity index (χ3n) is 12.2. The SMILES string of the molecule is CC.CC(C)(C)c1ccc(N(c2cc(C3=CC=C(C#N)CC3)cc(-c3ccccc3)c2)c2ccc3ccc4c(N5CCCc6ccccc65)ccc5ccc2c3c54)cc1. The highest BCUT2D eigenvalue weighted by molar-refractivity contribution is 6.28. The number of rotatable bonds is 6. The Morgan fingerprint density at radius 3 is 1.98 bits per heavy atom. The molecule has 1 aliphatic carbocycles. The van der Waals surface area contributed by atoms with Crippen molar-refractivity contribution in [1.82, 2.24) is 0 Å². The molecule has 0 saturated heterocycles. The summed E-state index contributed by atoms with van der Waals surface area (Å²) in [4.78, 5) is 5.01. The zero-order valence-electron chi connectivity index (χ0n) is 34.9. The van der Waals surface area contributed by atoms with Crippen LogP contribution in [0.1, 0.15) is 70.6 Å². The third-order valence-corrected chi connectivity index (χ3v) is 12.2. The Hall–Kier alpha value is -6.63. The highest BCUT2D eigenvalue weighted by Gasteiger charge is 2.24. The maximum atomic E-state index is 9.63. The molecule has 1 heterocycles. The molecular weight excluding hydrogens is 715 g/mol. The van der Waals surface area contributed by atoms with Gasteiger partial charge in [0.25, 0.3) is 0 Å². The van der Waals surface area contributed by atoms with Gasteiger partial charge >= 0.3 is 0 Å². The van der Waals surface area contributed by atoms with E-state index in [1.54, 1.807) is 0 Å². The van der Waals surface area contributed by atoms with Crippen molar-refractivity contribution in [1.29, 1.82) is 5.26 Å².